The minimum Gasteiger partial charge on any atom is -0.334 e. The van der Waals surface area contributed by atoms with Crippen LogP contribution in [0.5, 0.6) is 0 Å². The Balaban J connectivity index is 1.98. The van der Waals surface area contributed by atoms with Gasteiger partial charge < -0.3 is 4.90 Å². The molecule has 0 saturated carbocycles. The Kier molecular flexibility index (Phi) is 3.57. The summed E-state index contributed by atoms with van der Waals surface area (Å²) in [5.74, 6) is 0.152. The van der Waals surface area contributed by atoms with Crippen LogP contribution in [0.1, 0.15) is 18.9 Å². The highest BCUT2D eigenvalue weighted by Gasteiger charge is 2.36. The van der Waals surface area contributed by atoms with Crippen LogP contribution in [0.4, 0.5) is 0 Å². The first-order valence-corrected chi connectivity index (χ1v) is 6.00. The number of carbonyl (C=O) groups excluding carboxylic acids is 2. The lowest BCUT2D eigenvalue weighted by molar-refractivity contribution is -0.122. The van der Waals surface area contributed by atoms with Crippen molar-refractivity contribution in [3.8, 4) is 0 Å². The maximum absolute atomic E-state index is 11.6. The molecule has 2 rings (SSSR count). The van der Waals surface area contributed by atoms with E-state index in [1.807, 2.05) is 25.1 Å². The average Bonchev–Trinajstić information content (AvgIpc) is 2.64. The van der Waals surface area contributed by atoms with E-state index in [9.17, 15) is 9.59 Å². The first-order chi connectivity index (χ1) is 8.22. The normalized spacial score (nSPS) is 24.1. The molecule has 0 bridgehead atoms. The number of Topliss-reactive ketones (excluding diaryl/α,β-unsaturated/α-hetero) is 1. The lowest BCUT2D eigenvalue weighted by Gasteiger charge is -2.21. The van der Waals surface area contributed by atoms with E-state index in [0.29, 0.717) is 0 Å². The molecule has 1 aromatic carbocycles. The monoisotopic (exact) mass is 231 g/mol. The van der Waals surface area contributed by atoms with Gasteiger partial charge in [0.25, 0.3) is 0 Å². The van der Waals surface area contributed by atoms with Gasteiger partial charge in [-0.3, -0.25) is 9.59 Å². The van der Waals surface area contributed by atoms with Crippen molar-refractivity contribution in [3.05, 3.63) is 35.9 Å². The summed E-state index contributed by atoms with van der Waals surface area (Å²) in [6, 6.07) is 10.2. The van der Waals surface area contributed by atoms with Crippen molar-refractivity contribution in [1.82, 2.24) is 4.90 Å². The number of amides is 1. The summed E-state index contributed by atoms with van der Waals surface area (Å²) >= 11 is 0. The van der Waals surface area contributed by atoms with E-state index < -0.39 is 0 Å². The van der Waals surface area contributed by atoms with Crippen LogP contribution in [-0.2, 0) is 16.0 Å². The minimum absolute atomic E-state index is 0.0242. The number of ketones is 1. The summed E-state index contributed by atoms with van der Waals surface area (Å²) < 4.78 is 0. The fourth-order valence-electron chi connectivity index (χ4n) is 2.43. The lowest BCUT2D eigenvalue weighted by atomic mass is 9.95. The first kappa shape index (κ1) is 11.8. The molecule has 1 amide bonds. The third kappa shape index (κ3) is 2.54. The molecule has 2 unspecified atom stereocenters. The van der Waals surface area contributed by atoms with Gasteiger partial charge in [-0.15, -0.1) is 0 Å². The van der Waals surface area contributed by atoms with E-state index in [1.165, 1.54) is 5.56 Å². The molecule has 0 radical (unpaired) electrons. The standard InChI is InChI=1S/C14H17NO2/c1-11-13(15(10-16)9-14(11)17)8-7-12-5-3-2-4-6-12/h2-6,10-11,13H,7-9H2,1H3. The number of benzene rings is 1. The SMILES string of the molecule is CC1C(=O)CN(C=O)C1CCc1ccccc1. The van der Waals surface area contributed by atoms with Gasteiger partial charge >= 0.3 is 0 Å². The number of likely N-dealkylation sites (tertiary alicyclic amines) is 1. The molecular formula is C14H17NO2. The van der Waals surface area contributed by atoms with Gasteiger partial charge in [-0.2, -0.15) is 0 Å². The van der Waals surface area contributed by atoms with Gasteiger partial charge in [0.2, 0.25) is 6.41 Å². The highest BCUT2D eigenvalue weighted by Crippen LogP contribution is 2.23. The Bertz CT molecular complexity index is 402. The van der Waals surface area contributed by atoms with E-state index in [2.05, 4.69) is 12.1 Å². The van der Waals surface area contributed by atoms with Crippen LogP contribution in [0, 0.1) is 5.92 Å². The van der Waals surface area contributed by atoms with Gasteiger partial charge in [0.1, 0.15) is 0 Å². The Morgan fingerprint density at radius 2 is 2.06 bits per heavy atom. The second-order valence-corrected chi connectivity index (χ2v) is 4.62. The largest absolute Gasteiger partial charge is 0.334 e. The summed E-state index contributed by atoms with van der Waals surface area (Å²) in [6.07, 6.45) is 2.57. The summed E-state index contributed by atoms with van der Waals surface area (Å²) in [6.45, 7) is 2.20. The molecule has 17 heavy (non-hydrogen) atoms. The number of hydrogen-bond donors (Lipinski definition) is 0. The van der Waals surface area contributed by atoms with Gasteiger partial charge in [0.15, 0.2) is 5.78 Å². The van der Waals surface area contributed by atoms with Gasteiger partial charge in [-0.05, 0) is 18.4 Å². The zero-order valence-corrected chi connectivity index (χ0v) is 10.0. The predicted molar refractivity (Wildman–Crippen MR) is 65.5 cm³/mol. The third-order valence-electron chi connectivity index (χ3n) is 3.56. The molecule has 1 aromatic rings. The van der Waals surface area contributed by atoms with Crippen LogP contribution in [-0.4, -0.2) is 29.7 Å². The number of rotatable bonds is 4. The van der Waals surface area contributed by atoms with Crippen LogP contribution in [0.15, 0.2) is 30.3 Å². The Hall–Kier alpha value is -1.64. The zero-order chi connectivity index (χ0) is 12.3. The topological polar surface area (TPSA) is 37.4 Å². The van der Waals surface area contributed by atoms with Crippen LogP contribution < -0.4 is 0 Å². The molecule has 1 fully saturated rings. The zero-order valence-electron chi connectivity index (χ0n) is 10.0. The lowest BCUT2D eigenvalue weighted by Crippen LogP contribution is -2.31. The smallest absolute Gasteiger partial charge is 0.210 e. The second-order valence-electron chi connectivity index (χ2n) is 4.62. The van der Waals surface area contributed by atoms with Crippen molar-refractivity contribution in [2.45, 2.75) is 25.8 Å². The van der Waals surface area contributed by atoms with Crippen molar-refractivity contribution >= 4 is 12.2 Å². The second kappa shape index (κ2) is 5.13. The summed E-state index contributed by atoms with van der Waals surface area (Å²) in [7, 11) is 0. The first-order valence-electron chi connectivity index (χ1n) is 6.00. The Labute approximate surface area is 101 Å². The number of hydrogen-bond acceptors (Lipinski definition) is 2. The Morgan fingerprint density at radius 3 is 2.71 bits per heavy atom. The molecule has 1 heterocycles. The fourth-order valence-corrected chi connectivity index (χ4v) is 2.43. The maximum Gasteiger partial charge on any atom is 0.210 e. The van der Waals surface area contributed by atoms with E-state index in [4.69, 9.17) is 0 Å². The van der Waals surface area contributed by atoms with Crippen LogP contribution in [0.25, 0.3) is 0 Å². The van der Waals surface area contributed by atoms with Crippen molar-refractivity contribution < 1.29 is 9.59 Å². The number of aryl methyl sites for hydroxylation is 1. The molecule has 1 aliphatic rings. The van der Waals surface area contributed by atoms with E-state index in [0.717, 1.165) is 19.3 Å². The fraction of sp³-hybridized carbons (Fsp3) is 0.429. The molecule has 2 atom stereocenters. The number of nitrogens with zero attached hydrogens (tertiary/aromatic N) is 1. The summed E-state index contributed by atoms with van der Waals surface area (Å²) in [5.41, 5.74) is 1.25. The quantitative estimate of drug-likeness (QED) is 0.739. The summed E-state index contributed by atoms with van der Waals surface area (Å²) in [4.78, 5) is 24.1. The van der Waals surface area contributed by atoms with E-state index >= 15 is 0 Å². The van der Waals surface area contributed by atoms with Crippen LogP contribution in [0.3, 0.4) is 0 Å². The van der Waals surface area contributed by atoms with Crippen molar-refractivity contribution in [2.75, 3.05) is 6.54 Å². The molecular weight excluding hydrogens is 214 g/mol. The highest BCUT2D eigenvalue weighted by molar-refractivity contribution is 5.87. The summed E-state index contributed by atoms with van der Waals surface area (Å²) in [5, 5.41) is 0. The van der Waals surface area contributed by atoms with Crippen molar-refractivity contribution in [2.24, 2.45) is 5.92 Å². The van der Waals surface area contributed by atoms with Gasteiger partial charge in [-0.1, -0.05) is 37.3 Å². The van der Waals surface area contributed by atoms with Gasteiger partial charge in [0.05, 0.1) is 6.54 Å². The molecule has 0 aromatic heterocycles. The predicted octanol–water partition coefficient (Wildman–Crippen LogP) is 1.67. The van der Waals surface area contributed by atoms with E-state index in [-0.39, 0.29) is 24.3 Å². The molecule has 0 spiro atoms. The molecule has 3 heteroatoms. The Morgan fingerprint density at radius 1 is 1.35 bits per heavy atom. The molecule has 90 valence electrons. The molecule has 0 N–H and O–H groups in total. The molecule has 1 aliphatic heterocycles. The average molecular weight is 231 g/mol. The van der Waals surface area contributed by atoms with Crippen molar-refractivity contribution in [1.29, 1.82) is 0 Å². The van der Waals surface area contributed by atoms with Gasteiger partial charge in [0, 0.05) is 12.0 Å². The van der Waals surface area contributed by atoms with E-state index in [1.54, 1.807) is 4.90 Å². The molecule has 3 nitrogen and oxygen atoms in total. The minimum atomic E-state index is -0.0242. The van der Waals surface area contributed by atoms with Crippen LogP contribution >= 0.6 is 0 Å². The third-order valence-corrected chi connectivity index (χ3v) is 3.56. The van der Waals surface area contributed by atoms with Gasteiger partial charge in [-0.25, -0.2) is 0 Å². The number of carbonyl (C=O) groups is 2. The molecule has 0 aliphatic carbocycles. The molecule has 1 saturated heterocycles. The maximum atomic E-state index is 11.6. The van der Waals surface area contributed by atoms with Crippen molar-refractivity contribution in [3.63, 3.8) is 0 Å². The highest BCUT2D eigenvalue weighted by atomic mass is 16.2. The van der Waals surface area contributed by atoms with Crippen LogP contribution in [0.2, 0.25) is 0 Å².